The molecule has 1 atom stereocenters. The summed E-state index contributed by atoms with van der Waals surface area (Å²) < 4.78 is 31.7. The van der Waals surface area contributed by atoms with E-state index in [2.05, 4.69) is 0 Å². The maximum absolute atomic E-state index is 12.8. The van der Waals surface area contributed by atoms with Gasteiger partial charge in [0.1, 0.15) is 0 Å². The van der Waals surface area contributed by atoms with E-state index in [1.807, 2.05) is 0 Å². The predicted octanol–water partition coefficient (Wildman–Crippen LogP) is 1.31. The van der Waals surface area contributed by atoms with Gasteiger partial charge in [0.15, 0.2) is 11.1 Å². The predicted molar refractivity (Wildman–Crippen MR) is 42.1 cm³/mol. The molecule has 0 radical (unpaired) electrons. The number of benzene rings is 1. The highest BCUT2D eigenvalue weighted by molar-refractivity contribution is 7.79. The van der Waals surface area contributed by atoms with Crippen LogP contribution in [0.1, 0.15) is 0 Å². The Bertz CT molecular complexity index is 381. The summed E-state index contributed by atoms with van der Waals surface area (Å²) in [4.78, 5) is 9.02. The minimum absolute atomic E-state index is 0.205. The molecule has 0 aromatic heterocycles. The second-order valence-corrected chi connectivity index (χ2v) is 3.09. The molecule has 0 saturated heterocycles. The number of hydrogen-bond donors (Lipinski definition) is 1. The lowest BCUT2D eigenvalue weighted by atomic mass is 10.3. The molecule has 1 unspecified atom stereocenters. The van der Waals surface area contributed by atoms with Gasteiger partial charge in [-0.3, -0.25) is 10.1 Å². The van der Waals surface area contributed by atoms with Crippen LogP contribution < -0.4 is 0 Å². The Labute approximate surface area is 74.6 Å². The van der Waals surface area contributed by atoms with Gasteiger partial charge in [-0.15, -0.1) is 0 Å². The smallest absolute Gasteiger partial charge is 0.302 e. The van der Waals surface area contributed by atoms with Crippen LogP contribution in [0.5, 0.6) is 0 Å². The van der Waals surface area contributed by atoms with Crippen LogP contribution in [0.4, 0.5) is 10.1 Å². The number of hydrogen-bond acceptors (Lipinski definition) is 3. The van der Waals surface area contributed by atoms with Gasteiger partial charge in [0.05, 0.1) is 9.82 Å². The van der Waals surface area contributed by atoms with Crippen LogP contribution in [0.15, 0.2) is 23.1 Å². The van der Waals surface area contributed by atoms with Crippen LogP contribution in [0.2, 0.25) is 0 Å². The van der Waals surface area contributed by atoms with E-state index in [4.69, 9.17) is 4.55 Å². The van der Waals surface area contributed by atoms with Crippen molar-refractivity contribution in [1.82, 2.24) is 0 Å². The third-order valence-electron chi connectivity index (χ3n) is 1.32. The fraction of sp³-hybridized carbons (Fsp3) is 0. The first-order chi connectivity index (χ1) is 6.02. The highest BCUT2D eigenvalue weighted by Gasteiger charge is 2.15. The lowest BCUT2D eigenvalue weighted by Crippen LogP contribution is -1.95. The molecule has 0 bridgehead atoms. The first-order valence-electron chi connectivity index (χ1n) is 3.07. The van der Waals surface area contributed by atoms with Gasteiger partial charge in [-0.1, -0.05) is 0 Å². The quantitative estimate of drug-likeness (QED) is 0.448. The van der Waals surface area contributed by atoms with Crippen molar-refractivity contribution in [2.45, 2.75) is 4.90 Å². The zero-order valence-electron chi connectivity index (χ0n) is 6.14. The summed E-state index contributed by atoms with van der Waals surface area (Å²) in [7, 11) is 0. The number of nitro groups is 1. The lowest BCUT2D eigenvalue weighted by Gasteiger charge is -1.95. The number of nitro benzene ring substituents is 1. The van der Waals surface area contributed by atoms with Gasteiger partial charge in [-0.2, -0.15) is 4.39 Å². The van der Waals surface area contributed by atoms with E-state index in [9.17, 15) is 18.7 Å². The van der Waals surface area contributed by atoms with Crippen molar-refractivity contribution in [3.63, 3.8) is 0 Å². The van der Waals surface area contributed by atoms with Crippen molar-refractivity contribution in [2.75, 3.05) is 0 Å². The summed E-state index contributed by atoms with van der Waals surface area (Å²) in [6, 6.07) is 2.53. The molecule has 0 saturated carbocycles. The van der Waals surface area contributed by atoms with Crippen LogP contribution in [0, 0.1) is 15.9 Å². The molecule has 1 rings (SSSR count). The summed E-state index contributed by atoms with van der Waals surface area (Å²) >= 11 is -2.32. The number of halogens is 1. The van der Waals surface area contributed by atoms with Crippen molar-refractivity contribution >= 4 is 16.8 Å². The molecule has 13 heavy (non-hydrogen) atoms. The molecule has 0 fully saturated rings. The van der Waals surface area contributed by atoms with Crippen molar-refractivity contribution < 1.29 is 18.1 Å². The second kappa shape index (κ2) is 3.58. The first kappa shape index (κ1) is 9.75. The summed E-state index contributed by atoms with van der Waals surface area (Å²) in [5.74, 6) is -1.12. The molecule has 0 aliphatic rings. The molecule has 70 valence electrons. The highest BCUT2D eigenvalue weighted by Crippen LogP contribution is 2.19. The van der Waals surface area contributed by atoms with Crippen molar-refractivity contribution in [2.24, 2.45) is 0 Å². The molecule has 0 amide bonds. The Kier molecular flexibility index (Phi) is 2.69. The average molecular weight is 205 g/mol. The molecular weight excluding hydrogens is 201 g/mol. The topological polar surface area (TPSA) is 80.4 Å². The lowest BCUT2D eigenvalue weighted by molar-refractivity contribution is -0.387. The van der Waals surface area contributed by atoms with E-state index in [1.165, 1.54) is 0 Å². The van der Waals surface area contributed by atoms with Crippen LogP contribution in [0.25, 0.3) is 0 Å². The molecule has 0 heterocycles. The van der Waals surface area contributed by atoms with E-state index in [-0.39, 0.29) is 4.90 Å². The normalized spacial score (nSPS) is 12.5. The van der Waals surface area contributed by atoms with Crippen LogP contribution >= 0.6 is 0 Å². The fourth-order valence-corrected chi connectivity index (χ4v) is 1.13. The summed E-state index contributed by atoms with van der Waals surface area (Å²) in [6.07, 6.45) is 0. The van der Waals surface area contributed by atoms with Crippen molar-refractivity contribution in [3.05, 3.63) is 34.1 Å². The molecule has 5 nitrogen and oxygen atoms in total. The Morgan fingerprint density at radius 2 is 2.15 bits per heavy atom. The Morgan fingerprint density at radius 3 is 2.54 bits per heavy atom. The molecule has 1 aromatic rings. The Morgan fingerprint density at radius 1 is 1.54 bits per heavy atom. The Balaban J connectivity index is 3.20. The van der Waals surface area contributed by atoms with Gasteiger partial charge in [0.2, 0.25) is 5.82 Å². The molecule has 7 heteroatoms. The van der Waals surface area contributed by atoms with E-state index in [1.54, 1.807) is 0 Å². The van der Waals surface area contributed by atoms with Gasteiger partial charge in [-0.05, 0) is 12.1 Å². The molecule has 0 spiro atoms. The SMILES string of the molecule is O=[N+]([O-])c1ccc(S(=O)O)cc1F. The van der Waals surface area contributed by atoms with Crippen LogP contribution in [-0.4, -0.2) is 13.7 Å². The number of nitrogens with zero attached hydrogens (tertiary/aromatic N) is 1. The zero-order chi connectivity index (χ0) is 10.0. The van der Waals surface area contributed by atoms with Gasteiger partial charge in [0.25, 0.3) is 0 Å². The van der Waals surface area contributed by atoms with Gasteiger partial charge in [-0.25, -0.2) is 4.21 Å². The summed E-state index contributed by atoms with van der Waals surface area (Å²) in [5.41, 5.74) is -0.714. The third-order valence-corrected chi connectivity index (χ3v) is 1.97. The maximum Gasteiger partial charge on any atom is 0.304 e. The average Bonchev–Trinajstić information content (AvgIpc) is 2.03. The van der Waals surface area contributed by atoms with Crippen LogP contribution in [-0.2, 0) is 11.1 Å². The highest BCUT2D eigenvalue weighted by atomic mass is 32.2. The zero-order valence-corrected chi connectivity index (χ0v) is 6.95. The second-order valence-electron chi connectivity index (χ2n) is 2.12. The van der Waals surface area contributed by atoms with E-state index < -0.39 is 27.5 Å². The summed E-state index contributed by atoms with van der Waals surface area (Å²) in [5, 5.41) is 10.1. The largest absolute Gasteiger partial charge is 0.304 e. The monoisotopic (exact) mass is 205 g/mol. The Hall–Kier alpha value is -1.34. The maximum atomic E-state index is 12.8. The van der Waals surface area contributed by atoms with Gasteiger partial charge >= 0.3 is 5.69 Å². The molecule has 0 aliphatic heterocycles. The fourth-order valence-electron chi connectivity index (χ4n) is 0.744. The van der Waals surface area contributed by atoms with Crippen LogP contribution in [0.3, 0.4) is 0 Å². The first-order valence-corrected chi connectivity index (χ1v) is 4.18. The molecule has 0 aliphatic carbocycles. The van der Waals surface area contributed by atoms with Crippen molar-refractivity contribution in [3.8, 4) is 0 Å². The molecular formula is C6H4FNO4S. The third kappa shape index (κ3) is 2.07. The van der Waals surface area contributed by atoms with Gasteiger partial charge < -0.3 is 4.55 Å². The standard InChI is InChI=1S/C6H4FNO4S/c7-5-3-4(13(11)12)1-2-6(5)8(9)10/h1-3H,(H,11,12). The van der Waals surface area contributed by atoms with E-state index in [0.29, 0.717) is 6.07 Å². The van der Waals surface area contributed by atoms with E-state index in [0.717, 1.165) is 12.1 Å². The van der Waals surface area contributed by atoms with E-state index >= 15 is 0 Å². The number of rotatable bonds is 2. The van der Waals surface area contributed by atoms with Crippen molar-refractivity contribution in [1.29, 1.82) is 0 Å². The summed E-state index contributed by atoms with van der Waals surface area (Å²) in [6.45, 7) is 0. The van der Waals surface area contributed by atoms with Gasteiger partial charge in [0, 0.05) is 6.07 Å². The minimum atomic E-state index is -2.32. The minimum Gasteiger partial charge on any atom is -0.302 e. The molecule has 1 N–H and O–H groups in total. The molecule has 1 aromatic carbocycles.